The topological polar surface area (TPSA) is 89.9 Å². The van der Waals surface area contributed by atoms with Gasteiger partial charge in [-0.2, -0.15) is 5.10 Å². The molecule has 1 heterocycles. The number of esters is 1. The zero-order valence-corrected chi connectivity index (χ0v) is 15.0. The second kappa shape index (κ2) is 9.09. The van der Waals surface area contributed by atoms with Gasteiger partial charge >= 0.3 is 5.97 Å². The number of nitrogens with zero attached hydrogens (tertiary/aromatic N) is 2. The Hall–Kier alpha value is -4.00. The van der Waals surface area contributed by atoms with Crippen molar-refractivity contribution in [1.82, 2.24) is 10.4 Å². The number of hydrogen-bond donors (Lipinski definition) is 1. The molecular formula is C21H17N3O4. The van der Waals surface area contributed by atoms with Gasteiger partial charge in [0.25, 0.3) is 5.91 Å². The molecular weight excluding hydrogens is 358 g/mol. The number of aromatic nitrogens is 1. The zero-order valence-electron chi connectivity index (χ0n) is 15.0. The van der Waals surface area contributed by atoms with Crippen molar-refractivity contribution in [2.45, 2.75) is 0 Å². The Bertz CT molecular complexity index is 986. The van der Waals surface area contributed by atoms with E-state index in [-0.39, 0.29) is 5.91 Å². The molecule has 0 aliphatic carbocycles. The molecule has 1 amide bonds. The lowest BCUT2D eigenvalue weighted by Gasteiger charge is -2.06. The molecule has 0 atom stereocenters. The van der Waals surface area contributed by atoms with Gasteiger partial charge in [-0.25, -0.2) is 10.2 Å². The van der Waals surface area contributed by atoms with E-state index in [1.165, 1.54) is 18.6 Å². The Morgan fingerprint density at radius 2 is 1.71 bits per heavy atom. The molecule has 1 aromatic heterocycles. The highest BCUT2D eigenvalue weighted by Gasteiger charge is 2.09. The molecule has 140 valence electrons. The fourth-order valence-electron chi connectivity index (χ4n) is 2.28. The molecule has 28 heavy (non-hydrogen) atoms. The lowest BCUT2D eigenvalue weighted by molar-refractivity contribution is 0.0734. The van der Waals surface area contributed by atoms with E-state index in [1.54, 1.807) is 67.8 Å². The number of hydrogen-bond acceptors (Lipinski definition) is 6. The van der Waals surface area contributed by atoms with E-state index >= 15 is 0 Å². The Labute approximate surface area is 161 Å². The fourth-order valence-corrected chi connectivity index (χ4v) is 2.28. The average molecular weight is 375 g/mol. The van der Waals surface area contributed by atoms with Gasteiger partial charge in [0, 0.05) is 18.0 Å². The number of carbonyl (C=O) groups excluding carboxylic acids is 2. The van der Waals surface area contributed by atoms with Crippen LogP contribution in [0.25, 0.3) is 0 Å². The van der Waals surface area contributed by atoms with Crippen LogP contribution >= 0.6 is 0 Å². The summed E-state index contributed by atoms with van der Waals surface area (Å²) in [6, 6.07) is 16.6. The SMILES string of the molecule is COc1ccc(C(=O)Oc2cccc(/C=N/NC(=O)c3ccncc3)c2)cc1. The molecule has 0 aliphatic heterocycles. The third kappa shape index (κ3) is 5.01. The van der Waals surface area contributed by atoms with E-state index in [4.69, 9.17) is 9.47 Å². The first-order valence-electron chi connectivity index (χ1n) is 8.35. The predicted octanol–water partition coefficient (Wildman–Crippen LogP) is 3.07. The van der Waals surface area contributed by atoms with Crippen LogP contribution in [0.4, 0.5) is 0 Å². The van der Waals surface area contributed by atoms with Crippen molar-refractivity contribution in [3.63, 3.8) is 0 Å². The molecule has 0 bridgehead atoms. The van der Waals surface area contributed by atoms with Crippen LogP contribution in [0.1, 0.15) is 26.3 Å². The standard InChI is InChI=1S/C21H17N3O4/c1-27-18-7-5-17(6-8-18)21(26)28-19-4-2-3-15(13-19)14-23-24-20(25)16-9-11-22-12-10-16/h2-14H,1H3,(H,24,25)/b23-14+. The van der Waals surface area contributed by atoms with Gasteiger partial charge in [-0.05, 0) is 54.1 Å². The summed E-state index contributed by atoms with van der Waals surface area (Å²) < 4.78 is 10.4. The van der Waals surface area contributed by atoms with Crippen molar-refractivity contribution < 1.29 is 19.1 Å². The van der Waals surface area contributed by atoms with Crippen molar-refractivity contribution in [3.8, 4) is 11.5 Å². The Balaban J connectivity index is 1.61. The number of ether oxygens (including phenoxy) is 2. The number of carbonyl (C=O) groups is 2. The highest BCUT2D eigenvalue weighted by atomic mass is 16.5. The van der Waals surface area contributed by atoms with Gasteiger partial charge in [0.2, 0.25) is 0 Å². The maximum Gasteiger partial charge on any atom is 0.343 e. The molecule has 0 aliphatic rings. The molecule has 0 radical (unpaired) electrons. The summed E-state index contributed by atoms with van der Waals surface area (Å²) in [6.45, 7) is 0. The highest BCUT2D eigenvalue weighted by molar-refractivity contribution is 5.95. The molecule has 0 spiro atoms. The van der Waals surface area contributed by atoms with E-state index in [1.807, 2.05) is 0 Å². The number of methoxy groups -OCH3 is 1. The van der Waals surface area contributed by atoms with Gasteiger partial charge < -0.3 is 9.47 Å². The number of amides is 1. The van der Waals surface area contributed by atoms with Crippen LogP contribution in [0.15, 0.2) is 78.2 Å². The maximum absolute atomic E-state index is 12.2. The number of rotatable bonds is 6. The maximum atomic E-state index is 12.2. The Kier molecular flexibility index (Phi) is 6.10. The van der Waals surface area contributed by atoms with Crippen LogP contribution < -0.4 is 14.9 Å². The zero-order chi connectivity index (χ0) is 19.8. The molecule has 7 heteroatoms. The van der Waals surface area contributed by atoms with E-state index in [9.17, 15) is 9.59 Å². The summed E-state index contributed by atoms with van der Waals surface area (Å²) >= 11 is 0. The monoisotopic (exact) mass is 375 g/mol. The normalized spacial score (nSPS) is 10.5. The molecule has 3 rings (SSSR count). The molecule has 0 saturated heterocycles. The van der Waals surface area contributed by atoms with E-state index < -0.39 is 5.97 Å². The van der Waals surface area contributed by atoms with Crippen LogP contribution in [0.3, 0.4) is 0 Å². The van der Waals surface area contributed by atoms with Crippen molar-refractivity contribution >= 4 is 18.1 Å². The minimum atomic E-state index is -0.484. The largest absolute Gasteiger partial charge is 0.497 e. The molecule has 1 N–H and O–H groups in total. The summed E-state index contributed by atoms with van der Waals surface area (Å²) in [6.07, 6.45) is 4.52. The lowest BCUT2D eigenvalue weighted by Crippen LogP contribution is -2.17. The molecule has 0 saturated carbocycles. The first-order valence-corrected chi connectivity index (χ1v) is 8.35. The van der Waals surface area contributed by atoms with Crippen LogP contribution in [0.5, 0.6) is 11.5 Å². The van der Waals surface area contributed by atoms with Crippen LogP contribution in [0.2, 0.25) is 0 Å². The number of nitrogens with one attached hydrogen (secondary N) is 1. The van der Waals surface area contributed by atoms with Gasteiger partial charge in [-0.15, -0.1) is 0 Å². The van der Waals surface area contributed by atoms with Gasteiger partial charge in [-0.1, -0.05) is 12.1 Å². The van der Waals surface area contributed by atoms with E-state index in [0.717, 1.165) is 0 Å². The van der Waals surface area contributed by atoms with Crippen molar-refractivity contribution in [1.29, 1.82) is 0 Å². The molecule has 2 aromatic carbocycles. The summed E-state index contributed by atoms with van der Waals surface area (Å²) in [7, 11) is 1.56. The van der Waals surface area contributed by atoms with Crippen molar-refractivity contribution in [3.05, 3.63) is 89.7 Å². The van der Waals surface area contributed by atoms with Crippen LogP contribution in [-0.4, -0.2) is 30.2 Å². The fraction of sp³-hybridized carbons (Fsp3) is 0.0476. The second-order valence-electron chi connectivity index (χ2n) is 5.63. The molecule has 3 aromatic rings. The van der Waals surface area contributed by atoms with Gasteiger partial charge in [0.1, 0.15) is 11.5 Å². The lowest BCUT2D eigenvalue weighted by atomic mass is 10.2. The summed E-state index contributed by atoms with van der Waals surface area (Å²) in [5.74, 6) is 0.192. The van der Waals surface area contributed by atoms with Crippen molar-refractivity contribution in [2.75, 3.05) is 7.11 Å². The molecule has 7 nitrogen and oxygen atoms in total. The summed E-state index contributed by atoms with van der Waals surface area (Å²) in [4.78, 5) is 28.0. The van der Waals surface area contributed by atoms with Crippen LogP contribution in [-0.2, 0) is 0 Å². The smallest absolute Gasteiger partial charge is 0.343 e. The number of pyridine rings is 1. The minimum Gasteiger partial charge on any atom is -0.497 e. The first-order chi connectivity index (χ1) is 13.7. The third-order valence-corrected chi connectivity index (χ3v) is 3.72. The first kappa shape index (κ1) is 18.8. The molecule has 0 fully saturated rings. The summed E-state index contributed by atoms with van der Waals surface area (Å²) in [5, 5.41) is 3.92. The third-order valence-electron chi connectivity index (χ3n) is 3.72. The number of hydrazone groups is 1. The minimum absolute atomic E-state index is 0.347. The van der Waals surface area contributed by atoms with Crippen LogP contribution in [0, 0.1) is 0 Å². The van der Waals surface area contributed by atoms with Gasteiger partial charge in [0.05, 0.1) is 18.9 Å². The summed E-state index contributed by atoms with van der Waals surface area (Å²) in [5.41, 5.74) is 3.95. The van der Waals surface area contributed by atoms with Gasteiger partial charge in [-0.3, -0.25) is 9.78 Å². The predicted molar refractivity (Wildman–Crippen MR) is 104 cm³/mol. The highest BCUT2D eigenvalue weighted by Crippen LogP contribution is 2.16. The number of benzene rings is 2. The molecule has 0 unspecified atom stereocenters. The van der Waals surface area contributed by atoms with Gasteiger partial charge in [0.15, 0.2) is 0 Å². The van der Waals surface area contributed by atoms with E-state index in [0.29, 0.717) is 28.2 Å². The Morgan fingerprint density at radius 3 is 2.43 bits per heavy atom. The average Bonchev–Trinajstić information content (AvgIpc) is 2.74. The second-order valence-corrected chi connectivity index (χ2v) is 5.63. The van der Waals surface area contributed by atoms with Crippen molar-refractivity contribution in [2.24, 2.45) is 5.10 Å². The van der Waals surface area contributed by atoms with E-state index in [2.05, 4.69) is 15.5 Å². The quantitative estimate of drug-likeness (QED) is 0.309. The Morgan fingerprint density at radius 1 is 0.964 bits per heavy atom.